The van der Waals surface area contributed by atoms with Crippen molar-refractivity contribution in [3.8, 4) is 0 Å². The Balaban J connectivity index is 1.97. The lowest BCUT2D eigenvalue weighted by Gasteiger charge is -2.37. The molecular weight excluding hydrogens is 244 g/mol. The maximum absolute atomic E-state index is 3.78. The van der Waals surface area contributed by atoms with E-state index < -0.39 is 0 Å². The predicted octanol–water partition coefficient (Wildman–Crippen LogP) is 4.80. The Morgan fingerprint density at radius 1 is 1.35 bits per heavy atom. The van der Waals surface area contributed by atoms with Crippen molar-refractivity contribution in [3.63, 3.8) is 0 Å². The van der Waals surface area contributed by atoms with E-state index in [2.05, 4.69) is 42.7 Å². The van der Waals surface area contributed by atoms with E-state index in [-0.39, 0.29) is 0 Å². The first kappa shape index (κ1) is 13.5. The molecule has 2 heteroatoms. The van der Waals surface area contributed by atoms with Gasteiger partial charge in [0.25, 0.3) is 0 Å². The molecule has 20 heavy (non-hydrogen) atoms. The van der Waals surface area contributed by atoms with Gasteiger partial charge >= 0.3 is 0 Å². The van der Waals surface area contributed by atoms with Gasteiger partial charge in [0.05, 0.1) is 0 Å². The molecule has 0 spiro atoms. The number of fused-ring (bicyclic) bond motifs is 1. The molecule has 0 aromatic heterocycles. The summed E-state index contributed by atoms with van der Waals surface area (Å²) >= 11 is 0. The first-order valence-electron chi connectivity index (χ1n) is 8.02. The van der Waals surface area contributed by atoms with Crippen LogP contribution in [0.5, 0.6) is 0 Å². The Kier molecular flexibility index (Phi) is 3.73. The minimum Gasteiger partial charge on any atom is -0.388 e. The second-order valence-corrected chi connectivity index (χ2v) is 6.31. The first-order chi connectivity index (χ1) is 9.72. The number of anilines is 2. The summed E-state index contributed by atoms with van der Waals surface area (Å²) in [6, 6.07) is 6.73. The van der Waals surface area contributed by atoms with E-state index in [1.54, 1.807) is 11.3 Å². The minimum atomic E-state index is 0.684. The normalized spacial score (nSPS) is 22.6. The first-order valence-corrected chi connectivity index (χ1v) is 8.02. The zero-order valence-electron chi connectivity index (χ0n) is 12.9. The molecule has 2 atom stereocenters. The molecule has 3 rings (SSSR count). The molecule has 1 aromatic rings. The molecule has 0 radical (unpaired) electrons. The van der Waals surface area contributed by atoms with Crippen molar-refractivity contribution in [2.45, 2.75) is 46.0 Å². The van der Waals surface area contributed by atoms with Crippen LogP contribution in [0.2, 0.25) is 0 Å². The predicted molar refractivity (Wildman–Crippen MR) is 87.1 cm³/mol. The van der Waals surface area contributed by atoms with Gasteiger partial charge in [0, 0.05) is 30.0 Å². The van der Waals surface area contributed by atoms with Crippen molar-refractivity contribution in [2.24, 2.45) is 11.8 Å². The molecule has 1 aliphatic heterocycles. The summed E-state index contributed by atoms with van der Waals surface area (Å²) in [4.78, 5) is 0. The number of rotatable bonds is 3. The SMILES string of the molecule is CCC(C)C1Cc2ccc(NC)cc2NC1=C1CCC1. The van der Waals surface area contributed by atoms with Gasteiger partial charge in [-0.15, -0.1) is 0 Å². The van der Waals surface area contributed by atoms with Crippen molar-refractivity contribution in [1.82, 2.24) is 0 Å². The molecule has 2 aliphatic rings. The van der Waals surface area contributed by atoms with Crippen LogP contribution in [0.4, 0.5) is 11.4 Å². The van der Waals surface area contributed by atoms with Crippen molar-refractivity contribution in [3.05, 3.63) is 35.0 Å². The van der Waals surface area contributed by atoms with Crippen LogP contribution in [0.15, 0.2) is 29.5 Å². The van der Waals surface area contributed by atoms with E-state index in [1.165, 1.54) is 49.0 Å². The molecular formula is C18H26N2. The Morgan fingerprint density at radius 2 is 2.15 bits per heavy atom. The molecule has 1 heterocycles. The van der Waals surface area contributed by atoms with Gasteiger partial charge in [-0.25, -0.2) is 0 Å². The third-order valence-electron chi connectivity index (χ3n) is 5.15. The Morgan fingerprint density at radius 3 is 2.75 bits per heavy atom. The quantitative estimate of drug-likeness (QED) is 0.824. The summed E-state index contributed by atoms with van der Waals surface area (Å²) in [5.74, 6) is 1.44. The summed E-state index contributed by atoms with van der Waals surface area (Å²) in [7, 11) is 1.98. The monoisotopic (exact) mass is 270 g/mol. The summed E-state index contributed by atoms with van der Waals surface area (Å²) in [5.41, 5.74) is 7.20. The third-order valence-corrected chi connectivity index (χ3v) is 5.15. The fourth-order valence-corrected chi connectivity index (χ4v) is 3.35. The van der Waals surface area contributed by atoms with Crippen LogP contribution < -0.4 is 10.6 Å². The fraction of sp³-hybridized carbons (Fsp3) is 0.556. The molecule has 1 aliphatic carbocycles. The van der Waals surface area contributed by atoms with Gasteiger partial charge in [-0.1, -0.05) is 31.9 Å². The molecule has 108 valence electrons. The highest BCUT2D eigenvalue weighted by molar-refractivity contribution is 5.66. The van der Waals surface area contributed by atoms with Gasteiger partial charge < -0.3 is 10.6 Å². The smallest absolute Gasteiger partial charge is 0.0435 e. The molecule has 0 amide bonds. The van der Waals surface area contributed by atoms with Crippen LogP contribution >= 0.6 is 0 Å². The average molecular weight is 270 g/mol. The molecule has 0 bridgehead atoms. The van der Waals surface area contributed by atoms with E-state index in [1.807, 2.05) is 7.05 Å². The lowest BCUT2D eigenvalue weighted by Crippen LogP contribution is -2.29. The highest BCUT2D eigenvalue weighted by atomic mass is 14.9. The molecule has 1 aromatic carbocycles. The van der Waals surface area contributed by atoms with Gasteiger partial charge in [-0.3, -0.25) is 0 Å². The maximum Gasteiger partial charge on any atom is 0.0435 e. The van der Waals surface area contributed by atoms with Crippen LogP contribution in [0, 0.1) is 11.8 Å². The van der Waals surface area contributed by atoms with Gasteiger partial charge in [-0.2, -0.15) is 0 Å². The van der Waals surface area contributed by atoms with Crippen molar-refractivity contribution < 1.29 is 0 Å². The fourth-order valence-electron chi connectivity index (χ4n) is 3.35. The lowest BCUT2D eigenvalue weighted by molar-refractivity contribution is 0.383. The van der Waals surface area contributed by atoms with Crippen LogP contribution in [0.1, 0.15) is 45.1 Å². The average Bonchev–Trinajstić information content (AvgIpc) is 2.43. The summed E-state index contributed by atoms with van der Waals surface area (Å²) in [6.45, 7) is 4.71. The molecule has 1 saturated carbocycles. The third kappa shape index (κ3) is 2.32. The van der Waals surface area contributed by atoms with Gasteiger partial charge in [0.15, 0.2) is 0 Å². The summed E-state index contributed by atoms with van der Waals surface area (Å²) in [5, 5.41) is 7.02. The number of hydrogen-bond acceptors (Lipinski definition) is 2. The largest absolute Gasteiger partial charge is 0.388 e. The Hall–Kier alpha value is -1.44. The highest BCUT2D eigenvalue weighted by Crippen LogP contribution is 2.42. The summed E-state index contributed by atoms with van der Waals surface area (Å²) < 4.78 is 0. The summed E-state index contributed by atoms with van der Waals surface area (Å²) in [6.07, 6.45) is 6.43. The van der Waals surface area contributed by atoms with Gasteiger partial charge in [-0.05, 0) is 49.3 Å². The number of hydrogen-bond donors (Lipinski definition) is 2. The second kappa shape index (κ2) is 5.51. The number of nitrogens with one attached hydrogen (secondary N) is 2. The van der Waals surface area contributed by atoms with Crippen molar-refractivity contribution in [2.75, 3.05) is 17.7 Å². The van der Waals surface area contributed by atoms with Gasteiger partial charge in [0.1, 0.15) is 0 Å². The van der Waals surface area contributed by atoms with E-state index in [9.17, 15) is 0 Å². The maximum atomic E-state index is 3.78. The Labute approximate surface area is 122 Å². The van der Waals surface area contributed by atoms with Crippen LogP contribution in [0.25, 0.3) is 0 Å². The van der Waals surface area contributed by atoms with E-state index in [0.717, 1.165) is 5.92 Å². The number of benzene rings is 1. The molecule has 0 saturated heterocycles. The van der Waals surface area contributed by atoms with Crippen LogP contribution in [0.3, 0.4) is 0 Å². The number of allylic oxidation sites excluding steroid dienone is 2. The molecule has 2 N–H and O–H groups in total. The molecule has 2 nitrogen and oxygen atoms in total. The standard InChI is InChI=1S/C18H26N2/c1-4-12(2)16-10-14-8-9-15(19-3)11-17(14)20-18(16)13-6-5-7-13/h8-9,11-12,16,19-20H,4-7,10H2,1-3H3. The van der Waals surface area contributed by atoms with E-state index in [0.29, 0.717) is 5.92 Å². The van der Waals surface area contributed by atoms with Crippen molar-refractivity contribution in [1.29, 1.82) is 0 Å². The zero-order valence-corrected chi connectivity index (χ0v) is 12.9. The van der Waals surface area contributed by atoms with Crippen molar-refractivity contribution >= 4 is 11.4 Å². The van der Waals surface area contributed by atoms with E-state index >= 15 is 0 Å². The van der Waals surface area contributed by atoms with Crippen LogP contribution in [-0.2, 0) is 6.42 Å². The second-order valence-electron chi connectivity index (χ2n) is 6.31. The highest BCUT2D eigenvalue weighted by Gasteiger charge is 2.30. The molecule has 1 fully saturated rings. The molecule has 2 unspecified atom stereocenters. The topological polar surface area (TPSA) is 24.1 Å². The van der Waals surface area contributed by atoms with Crippen LogP contribution in [-0.4, -0.2) is 7.05 Å². The minimum absolute atomic E-state index is 0.684. The lowest BCUT2D eigenvalue weighted by atomic mass is 9.76. The van der Waals surface area contributed by atoms with Gasteiger partial charge in [0.2, 0.25) is 0 Å². The zero-order chi connectivity index (χ0) is 14.1. The Bertz CT molecular complexity index is 524. The van der Waals surface area contributed by atoms with E-state index in [4.69, 9.17) is 0 Å².